The lowest BCUT2D eigenvalue weighted by atomic mass is 10.2. The number of carboxylic acid groups (broad SMARTS) is 1. The molecule has 9 nitrogen and oxygen atoms in total. The second kappa shape index (κ2) is 8.90. The predicted octanol–water partition coefficient (Wildman–Crippen LogP) is 1.92. The van der Waals surface area contributed by atoms with Gasteiger partial charge in [-0.3, -0.25) is 19.3 Å². The highest BCUT2D eigenvalue weighted by Gasteiger charge is 2.38. The van der Waals surface area contributed by atoms with Crippen molar-refractivity contribution in [1.29, 1.82) is 0 Å². The summed E-state index contributed by atoms with van der Waals surface area (Å²) in [5.74, 6) is -2.52. The van der Waals surface area contributed by atoms with Crippen LogP contribution in [0.5, 0.6) is 0 Å². The van der Waals surface area contributed by atoms with E-state index in [1.54, 1.807) is 0 Å². The number of amides is 1. The van der Waals surface area contributed by atoms with Gasteiger partial charge in [-0.15, -0.1) is 6.58 Å². The summed E-state index contributed by atoms with van der Waals surface area (Å²) in [4.78, 5) is 53.7. The van der Waals surface area contributed by atoms with Crippen molar-refractivity contribution >= 4 is 46.1 Å². The molecule has 0 saturated carbocycles. The number of hydrogen-bond acceptors (Lipinski definition) is 6. The van der Waals surface area contributed by atoms with Gasteiger partial charge in [0.25, 0.3) is 5.56 Å². The number of rotatable bonds is 6. The van der Waals surface area contributed by atoms with E-state index in [1.807, 2.05) is 0 Å². The number of thioether (sulfide) groups is 1. The molecular weight excluding hydrogens is 451 g/mol. The zero-order valence-electron chi connectivity index (χ0n) is 16.1. The number of benzene rings is 1. The second-order valence-corrected chi connectivity index (χ2v) is 8.05. The summed E-state index contributed by atoms with van der Waals surface area (Å²) in [6.45, 7) is 3.65. The Kier molecular flexibility index (Phi) is 6.46. The fourth-order valence-electron chi connectivity index (χ4n) is 2.86. The maximum absolute atomic E-state index is 14.6. The van der Waals surface area contributed by atoms with Crippen LogP contribution in [0.25, 0.3) is 5.69 Å². The van der Waals surface area contributed by atoms with Crippen molar-refractivity contribution < 1.29 is 19.1 Å². The van der Waals surface area contributed by atoms with E-state index in [0.717, 1.165) is 34.5 Å². The van der Waals surface area contributed by atoms with Gasteiger partial charge in [-0.2, -0.15) is 0 Å². The standard InChI is InChI=1S/C19H16ClFN4O5S/c1-3-5-24-17(29)14(9-16(27)28)31-18(24)22-12-8-13(11(21)7-10(12)20)25-15(26)4-6-23(2)19(25)30/h3-4,6-8,14H,1,5,9H2,2H3,(H,27,28)/b22-18-. The Morgan fingerprint density at radius 1 is 1.39 bits per heavy atom. The first-order valence-corrected chi connectivity index (χ1v) is 10.1. The predicted molar refractivity (Wildman–Crippen MR) is 115 cm³/mol. The van der Waals surface area contributed by atoms with E-state index in [0.29, 0.717) is 4.57 Å². The van der Waals surface area contributed by atoms with Crippen molar-refractivity contribution in [2.24, 2.45) is 12.0 Å². The topological polar surface area (TPSA) is 114 Å². The quantitative estimate of drug-likeness (QED) is 0.650. The fraction of sp³-hybridized carbons (Fsp3) is 0.211. The van der Waals surface area contributed by atoms with Gasteiger partial charge in [-0.1, -0.05) is 29.4 Å². The minimum atomic E-state index is -1.15. The van der Waals surface area contributed by atoms with E-state index >= 15 is 0 Å². The summed E-state index contributed by atoms with van der Waals surface area (Å²) in [6.07, 6.45) is 2.29. The molecule has 1 aliphatic heterocycles. The molecule has 2 aromatic rings. The Morgan fingerprint density at radius 2 is 2.10 bits per heavy atom. The SMILES string of the molecule is C=CCN1C(=O)C(CC(=O)O)S/C1=N\c1cc(-n2c(=O)ccn(C)c2=O)c(F)cc1Cl. The van der Waals surface area contributed by atoms with Gasteiger partial charge in [-0.25, -0.2) is 18.7 Å². The first kappa shape index (κ1) is 22.5. The van der Waals surface area contributed by atoms with Crippen LogP contribution in [-0.4, -0.2) is 48.0 Å². The first-order chi connectivity index (χ1) is 14.6. The zero-order valence-corrected chi connectivity index (χ0v) is 17.7. The van der Waals surface area contributed by atoms with Crippen LogP contribution in [0.3, 0.4) is 0 Å². The fourth-order valence-corrected chi connectivity index (χ4v) is 4.20. The molecule has 1 saturated heterocycles. The van der Waals surface area contributed by atoms with Gasteiger partial charge in [0.2, 0.25) is 5.91 Å². The molecule has 2 heterocycles. The smallest absolute Gasteiger partial charge is 0.335 e. The van der Waals surface area contributed by atoms with Crippen molar-refractivity contribution in [1.82, 2.24) is 14.0 Å². The van der Waals surface area contributed by atoms with Crippen LogP contribution in [0.2, 0.25) is 5.02 Å². The number of carbonyl (C=O) groups excluding carboxylic acids is 1. The summed E-state index contributed by atoms with van der Waals surface area (Å²) < 4.78 is 16.3. The molecule has 1 atom stereocenters. The van der Waals surface area contributed by atoms with E-state index in [4.69, 9.17) is 16.7 Å². The Balaban J connectivity index is 2.14. The molecule has 0 aliphatic carbocycles. The highest BCUT2D eigenvalue weighted by atomic mass is 35.5. The van der Waals surface area contributed by atoms with Crippen molar-refractivity contribution in [2.45, 2.75) is 11.7 Å². The number of hydrogen-bond donors (Lipinski definition) is 1. The minimum Gasteiger partial charge on any atom is -0.481 e. The van der Waals surface area contributed by atoms with E-state index in [-0.39, 0.29) is 28.1 Å². The molecule has 1 N–H and O–H groups in total. The maximum Gasteiger partial charge on any atom is 0.335 e. The monoisotopic (exact) mass is 466 g/mol. The van der Waals surface area contributed by atoms with E-state index < -0.39 is 40.6 Å². The molecule has 0 bridgehead atoms. The lowest BCUT2D eigenvalue weighted by Crippen LogP contribution is -2.37. The van der Waals surface area contributed by atoms with Crippen LogP contribution in [0.1, 0.15) is 6.42 Å². The highest BCUT2D eigenvalue weighted by Crippen LogP contribution is 2.35. The summed E-state index contributed by atoms with van der Waals surface area (Å²) >= 11 is 7.04. The Labute approximate surface area is 184 Å². The molecule has 1 fully saturated rings. The molecule has 1 aromatic carbocycles. The average molecular weight is 467 g/mol. The maximum atomic E-state index is 14.6. The largest absolute Gasteiger partial charge is 0.481 e. The van der Waals surface area contributed by atoms with Crippen molar-refractivity contribution in [3.63, 3.8) is 0 Å². The number of aromatic nitrogens is 2. The Bertz CT molecular complexity index is 1240. The third-order valence-electron chi connectivity index (χ3n) is 4.32. The van der Waals surface area contributed by atoms with Gasteiger partial charge in [0.15, 0.2) is 5.17 Å². The third-order valence-corrected chi connectivity index (χ3v) is 5.80. The lowest BCUT2D eigenvalue weighted by molar-refractivity contribution is -0.139. The molecule has 162 valence electrons. The van der Waals surface area contributed by atoms with Gasteiger partial charge in [0.1, 0.15) is 11.1 Å². The number of carbonyl (C=O) groups is 2. The van der Waals surface area contributed by atoms with Crippen molar-refractivity contribution in [3.8, 4) is 5.69 Å². The number of carboxylic acids is 1. The number of amidine groups is 1. The number of aliphatic carboxylic acids is 1. The van der Waals surface area contributed by atoms with Gasteiger partial charge < -0.3 is 9.67 Å². The summed E-state index contributed by atoms with van der Waals surface area (Å²) in [5.41, 5.74) is -1.88. The van der Waals surface area contributed by atoms with Crippen LogP contribution < -0.4 is 11.2 Å². The number of halogens is 2. The molecule has 12 heteroatoms. The lowest BCUT2D eigenvalue weighted by Gasteiger charge is -2.14. The zero-order chi connectivity index (χ0) is 22.9. The van der Waals surface area contributed by atoms with Crippen LogP contribution in [0.4, 0.5) is 10.1 Å². The summed E-state index contributed by atoms with van der Waals surface area (Å²) in [5, 5.41) is 8.15. The molecule has 1 unspecified atom stereocenters. The van der Waals surface area contributed by atoms with E-state index in [2.05, 4.69) is 11.6 Å². The molecule has 0 radical (unpaired) electrons. The normalized spacial score (nSPS) is 17.4. The highest BCUT2D eigenvalue weighted by molar-refractivity contribution is 8.15. The molecule has 0 spiro atoms. The van der Waals surface area contributed by atoms with Crippen molar-refractivity contribution in [2.75, 3.05) is 6.54 Å². The Morgan fingerprint density at radius 3 is 2.74 bits per heavy atom. The minimum absolute atomic E-state index is 0.00351. The van der Waals surface area contributed by atoms with Crippen molar-refractivity contribution in [3.05, 3.63) is 68.7 Å². The Hall–Kier alpha value is -3.18. The summed E-state index contributed by atoms with van der Waals surface area (Å²) in [7, 11) is 1.41. The van der Waals surface area contributed by atoms with Gasteiger partial charge in [0, 0.05) is 25.9 Å². The number of aliphatic imine (C=N–C) groups is 1. The van der Waals surface area contributed by atoms with Crippen LogP contribution in [-0.2, 0) is 16.6 Å². The van der Waals surface area contributed by atoms with Gasteiger partial charge in [-0.05, 0) is 12.1 Å². The summed E-state index contributed by atoms with van der Waals surface area (Å²) in [6, 6.07) is 3.13. The third kappa shape index (κ3) is 4.47. The average Bonchev–Trinajstić information content (AvgIpc) is 2.97. The molecule has 1 amide bonds. The molecule has 1 aliphatic rings. The van der Waals surface area contributed by atoms with Crippen LogP contribution in [0, 0.1) is 5.82 Å². The second-order valence-electron chi connectivity index (χ2n) is 6.47. The molecular formula is C19H16ClFN4O5S. The number of aryl methyl sites for hydroxylation is 1. The molecule has 3 rings (SSSR count). The first-order valence-electron chi connectivity index (χ1n) is 8.81. The van der Waals surface area contributed by atoms with Gasteiger partial charge >= 0.3 is 11.7 Å². The molecule has 1 aromatic heterocycles. The van der Waals surface area contributed by atoms with Crippen LogP contribution in [0.15, 0.2) is 51.6 Å². The number of nitrogens with zero attached hydrogens (tertiary/aromatic N) is 4. The van der Waals surface area contributed by atoms with E-state index in [1.165, 1.54) is 24.2 Å². The molecule has 31 heavy (non-hydrogen) atoms. The van der Waals surface area contributed by atoms with Crippen LogP contribution >= 0.6 is 23.4 Å². The van der Waals surface area contributed by atoms with Gasteiger partial charge in [0.05, 0.1) is 22.8 Å². The van der Waals surface area contributed by atoms with E-state index in [9.17, 15) is 23.6 Å².